The van der Waals surface area contributed by atoms with Crippen LogP contribution in [0.2, 0.25) is 0 Å². The monoisotopic (exact) mass is 221 g/mol. The molecule has 0 aliphatic heterocycles. The van der Waals surface area contributed by atoms with Crippen molar-refractivity contribution in [1.82, 2.24) is 0 Å². The first kappa shape index (κ1) is 13.6. The Bertz CT molecular complexity index is 245. The van der Waals surface area contributed by atoms with Gasteiger partial charge in [0.2, 0.25) is 0 Å². The van der Waals surface area contributed by atoms with Crippen molar-refractivity contribution in [2.24, 2.45) is 16.7 Å². The summed E-state index contributed by atoms with van der Waals surface area (Å²) in [4.78, 5) is 0. The van der Waals surface area contributed by atoms with Gasteiger partial charge in [-0.3, -0.25) is 0 Å². The Labute approximate surface area is 101 Å². The van der Waals surface area contributed by atoms with Crippen molar-refractivity contribution in [3.63, 3.8) is 0 Å². The summed E-state index contributed by atoms with van der Waals surface area (Å²) in [5.41, 5.74) is 0.473. The highest BCUT2D eigenvalue weighted by Crippen LogP contribution is 2.48. The van der Waals surface area contributed by atoms with E-state index in [1.807, 2.05) is 0 Å². The van der Waals surface area contributed by atoms with Gasteiger partial charge in [-0.2, -0.15) is 5.26 Å². The minimum Gasteiger partial charge on any atom is -0.198 e. The van der Waals surface area contributed by atoms with Crippen LogP contribution in [0.5, 0.6) is 0 Å². The van der Waals surface area contributed by atoms with E-state index in [0.717, 1.165) is 25.2 Å². The Morgan fingerprint density at radius 2 is 1.56 bits per heavy atom. The first-order chi connectivity index (χ1) is 7.47. The van der Waals surface area contributed by atoms with Crippen LogP contribution in [-0.4, -0.2) is 0 Å². The zero-order chi connectivity index (χ0) is 12.2. The lowest BCUT2D eigenvalue weighted by Gasteiger charge is -2.40. The highest BCUT2D eigenvalue weighted by Gasteiger charge is 2.39. The molecule has 1 nitrogen and oxygen atoms in total. The summed E-state index contributed by atoms with van der Waals surface area (Å²) in [7, 11) is 0. The van der Waals surface area contributed by atoms with Gasteiger partial charge in [0.05, 0.1) is 11.5 Å². The molecule has 1 rings (SSSR count). The van der Waals surface area contributed by atoms with Crippen molar-refractivity contribution in [2.45, 2.75) is 72.6 Å². The summed E-state index contributed by atoms with van der Waals surface area (Å²) >= 11 is 0. The van der Waals surface area contributed by atoms with Gasteiger partial charge < -0.3 is 0 Å². The third-order valence-electron chi connectivity index (χ3n) is 4.63. The fourth-order valence-corrected chi connectivity index (χ4v) is 2.90. The molecule has 0 amide bonds. The summed E-state index contributed by atoms with van der Waals surface area (Å²) < 4.78 is 0. The Kier molecular flexibility index (Phi) is 4.42. The first-order valence-corrected chi connectivity index (χ1v) is 6.88. The second kappa shape index (κ2) is 5.21. The minimum absolute atomic E-state index is 0.00616. The van der Waals surface area contributed by atoms with Crippen molar-refractivity contribution in [2.75, 3.05) is 0 Å². The molecule has 0 bridgehead atoms. The normalized spacial score (nSPS) is 23.0. The maximum Gasteiger partial charge on any atom is 0.0689 e. The molecule has 1 fully saturated rings. The highest BCUT2D eigenvalue weighted by molar-refractivity contribution is 5.03. The maximum atomic E-state index is 9.50. The molecule has 92 valence electrons. The Balaban J connectivity index is 2.63. The van der Waals surface area contributed by atoms with E-state index in [2.05, 4.69) is 33.8 Å². The van der Waals surface area contributed by atoms with Gasteiger partial charge in [-0.1, -0.05) is 40.5 Å². The van der Waals surface area contributed by atoms with Crippen LogP contribution < -0.4 is 0 Å². The Hall–Kier alpha value is -0.510. The largest absolute Gasteiger partial charge is 0.198 e. The van der Waals surface area contributed by atoms with E-state index in [9.17, 15) is 5.26 Å². The third kappa shape index (κ3) is 3.24. The molecular formula is C15H27N. The molecule has 0 heterocycles. The van der Waals surface area contributed by atoms with Crippen LogP contribution in [0.4, 0.5) is 0 Å². The predicted octanol–water partition coefficient (Wildman–Crippen LogP) is 4.92. The Morgan fingerprint density at radius 1 is 1.06 bits per heavy atom. The molecule has 0 N–H and O–H groups in total. The molecule has 0 radical (unpaired) electrons. The van der Waals surface area contributed by atoms with E-state index in [-0.39, 0.29) is 5.41 Å². The molecule has 1 saturated carbocycles. The summed E-state index contributed by atoms with van der Waals surface area (Å²) in [5.74, 6) is 0.751. The van der Waals surface area contributed by atoms with E-state index < -0.39 is 0 Å². The van der Waals surface area contributed by atoms with E-state index in [0.29, 0.717) is 5.41 Å². The predicted molar refractivity (Wildman–Crippen MR) is 69.0 cm³/mol. The second-order valence-electron chi connectivity index (χ2n) is 6.44. The zero-order valence-electron chi connectivity index (χ0n) is 11.5. The van der Waals surface area contributed by atoms with Gasteiger partial charge >= 0.3 is 0 Å². The van der Waals surface area contributed by atoms with Gasteiger partial charge in [0.1, 0.15) is 0 Å². The topological polar surface area (TPSA) is 23.8 Å². The molecule has 0 saturated heterocycles. The fourth-order valence-electron chi connectivity index (χ4n) is 2.90. The number of nitrogens with zero attached hydrogens (tertiary/aromatic N) is 1. The van der Waals surface area contributed by atoms with Crippen LogP contribution in [-0.2, 0) is 0 Å². The van der Waals surface area contributed by atoms with Crippen molar-refractivity contribution >= 4 is 0 Å². The van der Waals surface area contributed by atoms with Crippen LogP contribution in [0.1, 0.15) is 72.6 Å². The van der Waals surface area contributed by atoms with Crippen LogP contribution in [0.3, 0.4) is 0 Å². The van der Waals surface area contributed by atoms with Crippen molar-refractivity contribution < 1.29 is 0 Å². The first-order valence-electron chi connectivity index (χ1n) is 6.88. The van der Waals surface area contributed by atoms with Gasteiger partial charge in [-0.05, 0) is 43.4 Å². The highest BCUT2D eigenvalue weighted by atomic mass is 14.5. The number of hydrogen-bond donors (Lipinski definition) is 0. The van der Waals surface area contributed by atoms with Crippen LogP contribution >= 0.6 is 0 Å². The second-order valence-corrected chi connectivity index (χ2v) is 6.44. The SMILES string of the molecule is CCC(CC)CC1(C#N)CCC(C)(C)CC1. The summed E-state index contributed by atoms with van der Waals surface area (Å²) in [6.07, 6.45) is 8.26. The standard InChI is InChI=1S/C15H27N/c1-5-13(6-2)11-15(12-16)9-7-14(3,4)8-10-15/h13H,5-11H2,1-4H3. The zero-order valence-corrected chi connectivity index (χ0v) is 11.5. The lowest BCUT2D eigenvalue weighted by Crippen LogP contribution is -2.31. The van der Waals surface area contributed by atoms with E-state index in [1.165, 1.54) is 25.7 Å². The van der Waals surface area contributed by atoms with E-state index in [1.54, 1.807) is 0 Å². The molecule has 16 heavy (non-hydrogen) atoms. The molecule has 0 aromatic carbocycles. The Morgan fingerprint density at radius 3 is 1.94 bits per heavy atom. The van der Waals surface area contributed by atoms with Crippen molar-refractivity contribution in [3.8, 4) is 6.07 Å². The van der Waals surface area contributed by atoms with Crippen molar-refractivity contribution in [1.29, 1.82) is 5.26 Å². The smallest absolute Gasteiger partial charge is 0.0689 e. The van der Waals surface area contributed by atoms with E-state index in [4.69, 9.17) is 0 Å². The number of nitriles is 1. The van der Waals surface area contributed by atoms with Crippen molar-refractivity contribution in [3.05, 3.63) is 0 Å². The average Bonchev–Trinajstić information content (AvgIpc) is 2.29. The molecule has 0 spiro atoms. The summed E-state index contributed by atoms with van der Waals surface area (Å²) in [6, 6.07) is 2.65. The number of hydrogen-bond acceptors (Lipinski definition) is 1. The molecule has 1 aliphatic carbocycles. The molecule has 0 aromatic rings. The molecule has 0 unspecified atom stereocenters. The molecular weight excluding hydrogens is 194 g/mol. The fraction of sp³-hybridized carbons (Fsp3) is 0.933. The van der Waals surface area contributed by atoms with Crippen LogP contribution in [0.25, 0.3) is 0 Å². The minimum atomic E-state index is 0.00616. The lowest BCUT2D eigenvalue weighted by molar-refractivity contribution is 0.120. The van der Waals surface area contributed by atoms with Gasteiger partial charge in [-0.15, -0.1) is 0 Å². The summed E-state index contributed by atoms with van der Waals surface area (Å²) in [5, 5.41) is 9.50. The maximum absolute atomic E-state index is 9.50. The molecule has 0 aromatic heterocycles. The van der Waals surface area contributed by atoms with Gasteiger partial charge in [0.15, 0.2) is 0 Å². The van der Waals surface area contributed by atoms with Gasteiger partial charge in [0.25, 0.3) is 0 Å². The summed E-state index contributed by atoms with van der Waals surface area (Å²) in [6.45, 7) is 9.19. The molecule has 0 atom stereocenters. The van der Waals surface area contributed by atoms with Gasteiger partial charge in [0, 0.05) is 0 Å². The molecule has 1 heteroatoms. The third-order valence-corrected chi connectivity index (χ3v) is 4.63. The lowest BCUT2D eigenvalue weighted by atomic mass is 9.62. The quantitative estimate of drug-likeness (QED) is 0.660. The van der Waals surface area contributed by atoms with Gasteiger partial charge in [-0.25, -0.2) is 0 Å². The molecule has 1 aliphatic rings. The number of rotatable bonds is 4. The van der Waals surface area contributed by atoms with Crippen LogP contribution in [0, 0.1) is 28.1 Å². The average molecular weight is 221 g/mol. The van der Waals surface area contributed by atoms with E-state index >= 15 is 0 Å². The van der Waals surface area contributed by atoms with Crippen LogP contribution in [0.15, 0.2) is 0 Å².